The average molecular weight is 229 g/mol. The second-order valence-electron chi connectivity index (χ2n) is 5.62. The zero-order chi connectivity index (χ0) is 12.5. The van der Waals surface area contributed by atoms with Crippen LogP contribution in [-0.2, 0) is 4.74 Å². The number of aliphatic hydroxyl groups is 1. The lowest BCUT2D eigenvalue weighted by molar-refractivity contribution is 0.000325. The Bertz CT molecular complexity index is 257. The Morgan fingerprint density at radius 1 is 1.44 bits per heavy atom. The van der Waals surface area contributed by atoms with Crippen LogP contribution in [0.1, 0.15) is 47.5 Å². The summed E-state index contributed by atoms with van der Waals surface area (Å²) < 4.78 is 5.35. The van der Waals surface area contributed by atoms with E-state index >= 15 is 0 Å². The van der Waals surface area contributed by atoms with Crippen molar-refractivity contribution in [2.75, 3.05) is 0 Å². The molecule has 1 heterocycles. The minimum Gasteiger partial charge on any atom is -0.444 e. The number of ether oxygens (including phenoxy) is 1. The summed E-state index contributed by atoms with van der Waals surface area (Å²) in [5, 5.41) is 9.64. The van der Waals surface area contributed by atoms with Crippen LogP contribution in [0.5, 0.6) is 0 Å². The molecule has 1 amide bonds. The SMILES string of the molecule is CC(O)C1CCC(C)N1C(=O)OC(C)(C)C. The van der Waals surface area contributed by atoms with E-state index in [4.69, 9.17) is 4.74 Å². The maximum atomic E-state index is 12.0. The van der Waals surface area contributed by atoms with E-state index in [1.807, 2.05) is 27.7 Å². The van der Waals surface area contributed by atoms with Gasteiger partial charge in [0.2, 0.25) is 0 Å². The number of hydrogen-bond acceptors (Lipinski definition) is 3. The molecule has 3 unspecified atom stereocenters. The molecule has 3 atom stereocenters. The number of amides is 1. The monoisotopic (exact) mass is 229 g/mol. The summed E-state index contributed by atoms with van der Waals surface area (Å²) in [4.78, 5) is 13.7. The molecule has 94 valence electrons. The Balaban J connectivity index is 2.72. The third-order valence-corrected chi connectivity index (χ3v) is 2.87. The van der Waals surface area contributed by atoms with Crippen LogP contribution < -0.4 is 0 Å². The molecule has 0 aromatic heterocycles. The molecule has 0 bridgehead atoms. The van der Waals surface area contributed by atoms with Crippen LogP contribution >= 0.6 is 0 Å². The predicted octanol–water partition coefficient (Wildman–Crippen LogP) is 2.16. The topological polar surface area (TPSA) is 49.8 Å². The Labute approximate surface area is 97.6 Å². The highest BCUT2D eigenvalue weighted by Crippen LogP contribution is 2.28. The molecule has 1 aliphatic rings. The number of hydrogen-bond donors (Lipinski definition) is 1. The number of aliphatic hydroxyl groups excluding tert-OH is 1. The number of rotatable bonds is 1. The lowest BCUT2D eigenvalue weighted by Gasteiger charge is -2.32. The van der Waals surface area contributed by atoms with E-state index in [1.54, 1.807) is 11.8 Å². The van der Waals surface area contributed by atoms with Gasteiger partial charge in [-0.25, -0.2) is 4.79 Å². The normalized spacial score (nSPS) is 28.0. The van der Waals surface area contributed by atoms with Crippen molar-refractivity contribution in [3.05, 3.63) is 0 Å². The van der Waals surface area contributed by atoms with Crippen molar-refractivity contribution in [1.82, 2.24) is 4.90 Å². The fraction of sp³-hybridized carbons (Fsp3) is 0.917. The van der Waals surface area contributed by atoms with Gasteiger partial charge in [-0.2, -0.15) is 0 Å². The first-order chi connectivity index (χ1) is 7.22. The molecule has 1 N–H and O–H groups in total. The highest BCUT2D eigenvalue weighted by Gasteiger charge is 2.39. The van der Waals surface area contributed by atoms with Crippen LogP contribution in [0.15, 0.2) is 0 Å². The molecule has 1 saturated heterocycles. The predicted molar refractivity (Wildman–Crippen MR) is 62.2 cm³/mol. The summed E-state index contributed by atoms with van der Waals surface area (Å²) in [5.41, 5.74) is -0.483. The van der Waals surface area contributed by atoms with E-state index in [0.717, 1.165) is 12.8 Å². The largest absolute Gasteiger partial charge is 0.444 e. The van der Waals surface area contributed by atoms with Crippen molar-refractivity contribution in [2.24, 2.45) is 0 Å². The van der Waals surface area contributed by atoms with E-state index in [-0.39, 0.29) is 18.2 Å². The van der Waals surface area contributed by atoms with Gasteiger partial charge in [0, 0.05) is 6.04 Å². The number of carbonyl (C=O) groups is 1. The minimum absolute atomic E-state index is 0.107. The van der Waals surface area contributed by atoms with Gasteiger partial charge in [-0.15, -0.1) is 0 Å². The molecule has 4 heteroatoms. The van der Waals surface area contributed by atoms with E-state index in [1.165, 1.54) is 0 Å². The Hall–Kier alpha value is -0.770. The fourth-order valence-electron chi connectivity index (χ4n) is 2.12. The molecule has 0 saturated carbocycles. The summed E-state index contributed by atoms with van der Waals surface area (Å²) in [6, 6.07) is 0.0410. The molecule has 16 heavy (non-hydrogen) atoms. The van der Waals surface area contributed by atoms with Gasteiger partial charge in [0.05, 0.1) is 12.1 Å². The zero-order valence-corrected chi connectivity index (χ0v) is 10.9. The third-order valence-electron chi connectivity index (χ3n) is 2.87. The Morgan fingerprint density at radius 3 is 2.44 bits per heavy atom. The molecule has 0 spiro atoms. The molecule has 1 rings (SSSR count). The Morgan fingerprint density at radius 2 is 2.00 bits per heavy atom. The summed E-state index contributed by atoms with van der Waals surface area (Å²) in [6.07, 6.45) is 0.952. The van der Waals surface area contributed by atoms with Gasteiger partial charge in [-0.05, 0) is 47.5 Å². The number of nitrogens with zero attached hydrogens (tertiary/aromatic N) is 1. The van der Waals surface area contributed by atoms with Crippen molar-refractivity contribution in [1.29, 1.82) is 0 Å². The molecule has 0 aromatic carbocycles. The lowest BCUT2D eigenvalue weighted by atomic mass is 10.1. The summed E-state index contributed by atoms with van der Waals surface area (Å²) in [5.74, 6) is 0. The van der Waals surface area contributed by atoms with Crippen molar-refractivity contribution in [3.63, 3.8) is 0 Å². The van der Waals surface area contributed by atoms with Gasteiger partial charge in [-0.3, -0.25) is 4.90 Å². The first-order valence-corrected chi connectivity index (χ1v) is 5.92. The van der Waals surface area contributed by atoms with Gasteiger partial charge in [0.15, 0.2) is 0 Å². The highest BCUT2D eigenvalue weighted by molar-refractivity contribution is 5.69. The van der Waals surface area contributed by atoms with E-state index in [0.29, 0.717) is 0 Å². The van der Waals surface area contributed by atoms with Gasteiger partial charge >= 0.3 is 6.09 Å². The molecule has 1 fully saturated rings. The van der Waals surface area contributed by atoms with Crippen LogP contribution in [-0.4, -0.2) is 39.9 Å². The van der Waals surface area contributed by atoms with Crippen molar-refractivity contribution < 1.29 is 14.6 Å². The van der Waals surface area contributed by atoms with Gasteiger partial charge < -0.3 is 9.84 Å². The molecular formula is C12H23NO3. The maximum absolute atomic E-state index is 12.0. The second-order valence-corrected chi connectivity index (χ2v) is 5.62. The van der Waals surface area contributed by atoms with Gasteiger partial charge in [0.25, 0.3) is 0 Å². The quantitative estimate of drug-likeness (QED) is 0.749. The van der Waals surface area contributed by atoms with Gasteiger partial charge in [-0.1, -0.05) is 0 Å². The minimum atomic E-state index is -0.502. The molecule has 0 aromatic rings. The van der Waals surface area contributed by atoms with E-state index < -0.39 is 11.7 Å². The van der Waals surface area contributed by atoms with Crippen molar-refractivity contribution >= 4 is 6.09 Å². The first-order valence-electron chi connectivity index (χ1n) is 5.92. The highest BCUT2D eigenvalue weighted by atomic mass is 16.6. The summed E-state index contributed by atoms with van der Waals surface area (Å²) in [6.45, 7) is 9.27. The molecule has 4 nitrogen and oxygen atoms in total. The Kier molecular flexibility index (Phi) is 3.84. The average Bonchev–Trinajstić information content (AvgIpc) is 2.43. The fourth-order valence-corrected chi connectivity index (χ4v) is 2.12. The van der Waals surface area contributed by atoms with E-state index in [9.17, 15) is 9.90 Å². The molecule has 1 aliphatic heterocycles. The molecule has 0 aliphatic carbocycles. The zero-order valence-electron chi connectivity index (χ0n) is 10.9. The van der Waals surface area contributed by atoms with Crippen LogP contribution in [0.4, 0.5) is 4.79 Å². The number of carbonyl (C=O) groups excluding carboxylic acids is 1. The standard InChI is InChI=1S/C12H23NO3/c1-8-6-7-10(9(2)14)13(8)11(15)16-12(3,4)5/h8-10,14H,6-7H2,1-5H3. The van der Waals surface area contributed by atoms with Crippen LogP contribution in [0.3, 0.4) is 0 Å². The van der Waals surface area contributed by atoms with Crippen molar-refractivity contribution in [3.8, 4) is 0 Å². The second kappa shape index (κ2) is 4.62. The lowest BCUT2D eigenvalue weighted by Crippen LogP contribution is -2.47. The van der Waals surface area contributed by atoms with Crippen molar-refractivity contribution in [2.45, 2.75) is 71.2 Å². The smallest absolute Gasteiger partial charge is 0.410 e. The first kappa shape index (κ1) is 13.3. The molecule has 0 radical (unpaired) electrons. The maximum Gasteiger partial charge on any atom is 0.410 e. The summed E-state index contributed by atoms with van der Waals surface area (Å²) >= 11 is 0. The van der Waals surface area contributed by atoms with Gasteiger partial charge in [0.1, 0.15) is 5.60 Å². The summed E-state index contributed by atoms with van der Waals surface area (Å²) in [7, 11) is 0. The molecular weight excluding hydrogens is 206 g/mol. The van der Waals surface area contributed by atoms with Crippen LogP contribution in [0.2, 0.25) is 0 Å². The van der Waals surface area contributed by atoms with Crippen LogP contribution in [0, 0.1) is 0 Å². The van der Waals surface area contributed by atoms with Crippen LogP contribution in [0.25, 0.3) is 0 Å². The third kappa shape index (κ3) is 3.11. The number of likely N-dealkylation sites (tertiary alicyclic amines) is 1. The van der Waals surface area contributed by atoms with E-state index in [2.05, 4.69) is 0 Å².